The average Bonchev–Trinajstić information content (AvgIpc) is 2.29. The van der Waals surface area contributed by atoms with Gasteiger partial charge in [-0.15, -0.1) is 0 Å². The highest BCUT2D eigenvalue weighted by Crippen LogP contribution is 2.12. The number of carboxylic acid groups (broad SMARTS) is 1. The van der Waals surface area contributed by atoms with Crippen LogP contribution in [0.1, 0.15) is 40.0 Å². The predicted octanol–water partition coefficient (Wildman–Crippen LogP) is 0.946. The Kier molecular flexibility index (Phi) is 8.11. The number of hydrogen-bond acceptors (Lipinski definition) is 3. The molecule has 0 saturated carbocycles. The predicted molar refractivity (Wildman–Crippen MR) is 68.3 cm³/mol. The van der Waals surface area contributed by atoms with Gasteiger partial charge in [0.25, 0.3) is 0 Å². The number of aliphatic hydroxyl groups is 1. The smallest absolute Gasteiger partial charge is 0.326 e. The van der Waals surface area contributed by atoms with E-state index in [0.29, 0.717) is 5.92 Å². The van der Waals surface area contributed by atoms with Gasteiger partial charge in [-0.2, -0.15) is 0 Å². The number of carbonyl (C=O) groups excluding carboxylic acids is 1. The van der Waals surface area contributed by atoms with Crippen molar-refractivity contribution in [3.05, 3.63) is 0 Å². The Morgan fingerprint density at radius 3 is 2.11 bits per heavy atom. The maximum absolute atomic E-state index is 11.6. The zero-order valence-corrected chi connectivity index (χ0v) is 11.3. The molecule has 0 aromatic heterocycles. The molecular formula is C12H24N2O4. The van der Waals surface area contributed by atoms with E-state index in [0.717, 1.165) is 12.8 Å². The number of rotatable bonds is 8. The fourth-order valence-electron chi connectivity index (χ4n) is 1.91. The minimum atomic E-state index is -1.14. The molecule has 0 aliphatic heterocycles. The van der Waals surface area contributed by atoms with E-state index >= 15 is 0 Å². The first kappa shape index (κ1) is 16.7. The van der Waals surface area contributed by atoms with E-state index in [2.05, 4.69) is 24.5 Å². The highest BCUT2D eigenvalue weighted by Gasteiger charge is 2.21. The summed E-state index contributed by atoms with van der Waals surface area (Å²) in [6.45, 7) is 5.73. The van der Waals surface area contributed by atoms with E-state index in [-0.39, 0.29) is 19.1 Å². The van der Waals surface area contributed by atoms with E-state index in [1.807, 2.05) is 6.92 Å². The minimum absolute atomic E-state index is 0.00210. The van der Waals surface area contributed by atoms with Crippen molar-refractivity contribution in [2.24, 2.45) is 5.92 Å². The molecule has 4 N–H and O–H groups in total. The van der Waals surface area contributed by atoms with E-state index in [9.17, 15) is 9.59 Å². The summed E-state index contributed by atoms with van der Waals surface area (Å²) in [5.41, 5.74) is 0. The Labute approximate surface area is 108 Å². The van der Waals surface area contributed by atoms with Crippen LogP contribution < -0.4 is 10.6 Å². The van der Waals surface area contributed by atoms with Crippen LogP contribution in [0.25, 0.3) is 0 Å². The van der Waals surface area contributed by atoms with E-state index in [4.69, 9.17) is 10.2 Å². The van der Waals surface area contributed by atoms with Crippen LogP contribution in [0.5, 0.6) is 0 Å². The normalized spacial score (nSPS) is 14.1. The number of carboxylic acids is 1. The highest BCUT2D eigenvalue weighted by atomic mass is 16.4. The van der Waals surface area contributed by atoms with Crippen molar-refractivity contribution in [3.8, 4) is 0 Å². The lowest BCUT2D eigenvalue weighted by Crippen LogP contribution is -2.50. The number of aliphatic carboxylic acids is 1. The molecule has 0 bridgehead atoms. The molecule has 0 aliphatic carbocycles. The van der Waals surface area contributed by atoms with Gasteiger partial charge in [0.1, 0.15) is 6.04 Å². The molecule has 0 saturated heterocycles. The zero-order chi connectivity index (χ0) is 14.1. The first-order valence-electron chi connectivity index (χ1n) is 6.36. The maximum Gasteiger partial charge on any atom is 0.326 e. The van der Waals surface area contributed by atoms with Gasteiger partial charge in [-0.25, -0.2) is 9.59 Å². The Hall–Kier alpha value is -1.30. The first-order valence-corrected chi connectivity index (χ1v) is 6.36. The van der Waals surface area contributed by atoms with Crippen LogP contribution in [0.15, 0.2) is 0 Å². The fraction of sp³-hybridized carbons (Fsp3) is 0.833. The number of hydrogen-bond donors (Lipinski definition) is 4. The molecule has 2 amide bonds. The molecule has 2 atom stereocenters. The third-order valence-electron chi connectivity index (χ3n) is 3.14. The molecule has 0 heterocycles. The van der Waals surface area contributed by atoms with Gasteiger partial charge in [0, 0.05) is 19.1 Å². The third-order valence-corrected chi connectivity index (χ3v) is 3.14. The lowest BCUT2D eigenvalue weighted by Gasteiger charge is -2.23. The maximum atomic E-state index is 11.6. The van der Waals surface area contributed by atoms with Crippen molar-refractivity contribution in [2.45, 2.75) is 52.1 Å². The Balaban J connectivity index is 4.27. The van der Waals surface area contributed by atoms with Crippen molar-refractivity contribution in [2.75, 3.05) is 6.61 Å². The van der Waals surface area contributed by atoms with Crippen molar-refractivity contribution in [1.29, 1.82) is 0 Å². The first-order chi connectivity index (χ1) is 8.46. The summed E-state index contributed by atoms with van der Waals surface area (Å²) in [5.74, 6) is -0.772. The summed E-state index contributed by atoms with van der Waals surface area (Å²) in [6, 6.07) is -1.57. The highest BCUT2D eigenvalue weighted by molar-refractivity contribution is 5.82. The quantitative estimate of drug-likeness (QED) is 0.522. The number of urea groups is 1. The number of nitrogens with one attached hydrogen (secondary N) is 2. The summed E-state index contributed by atoms with van der Waals surface area (Å²) in [6.07, 6.45) is 1.91. The van der Waals surface area contributed by atoms with Gasteiger partial charge in [0.2, 0.25) is 0 Å². The monoisotopic (exact) mass is 260 g/mol. The summed E-state index contributed by atoms with van der Waals surface area (Å²) in [5, 5.41) is 22.6. The summed E-state index contributed by atoms with van der Waals surface area (Å²) >= 11 is 0. The standard InChI is InChI=1S/C12H24N2O4/c1-4-9(5-2)8(3)13-12(18)14-10(6-7-15)11(16)17/h8-10,15H,4-7H2,1-3H3,(H,16,17)(H2,13,14,18)/t8?,10-/m1/s1. The molecule has 106 valence electrons. The molecule has 1 unspecified atom stereocenters. The zero-order valence-electron chi connectivity index (χ0n) is 11.3. The molecule has 6 nitrogen and oxygen atoms in total. The number of amides is 2. The second-order valence-corrected chi connectivity index (χ2v) is 4.39. The fourth-order valence-corrected chi connectivity index (χ4v) is 1.91. The van der Waals surface area contributed by atoms with E-state index < -0.39 is 18.0 Å². The summed E-state index contributed by atoms with van der Waals surface area (Å²) < 4.78 is 0. The SMILES string of the molecule is CCC(CC)C(C)NC(=O)N[C@H](CCO)C(=O)O. The van der Waals surface area contributed by atoms with Crippen LogP contribution in [0.3, 0.4) is 0 Å². The summed E-state index contributed by atoms with van der Waals surface area (Å²) in [7, 11) is 0. The lowest BCUT2D eigenvalue weighted by atomic mass is 9.96. The van der Waals surface area contributed by atoms with Gasteiger partial charge in [-0.1, -0.05) is 26.7 Å². The lowest BCUT2D eigenvalue weighted by molar-refractivity contribution is -0.139. The molecule has 0 spiro atoms. The largest absolute Gasteiger partial charge is 0.480 e. The van der Waals surface area contributed by atoms with Crippen LogP contribution in [-0.2, 0) is 4.79 Å². The number of carbonyl (C=O) groups is 2. The van der Waals surface area contributed by atoms with Crippen molar-refractivity contribution in [1.82, 2.24) is 10.6 Å². The molecular weight excluding hydrogens is 236 g/mol. The Morgan fingerprint density at radius 1 is 1.17 bits per heavy atom. The average molecular weight is 260 g/mol. The Bertz CT molecular complexity index is 267. The third kappa shape index (κ3) is 5.86. The molecule has 0 aromatic rings. The van der Waals surface area contributed by atoms with Crippen LogP contribution in [0, 0.1) is 5.92 Å². The van der Waals surface area contributed by atoms with E-state index in [1.54, 1.807) is 0 Å². The van der Waals surface area contributed by atoms with Crippen LogP contribution in [0.2, 0.25) is 0 Å². The Morgan fingerprint density at radius 2 is 1.72 bits per heavy atom. The van der Waals surface area contributed by atoms with Crippen molar-refractivity contribution >= 4 is 12.0 Å². The summed E-state index contributed by atoms with van der Waals surface area (Å²) in [4.78, 5) is 22.4. The number of aliphatic hydroxyl groups excluding tert-OH is 1. The van der Waals surface area contributed by atoms with Gasteiger partial charge in [-0.05, 0) is 12.8 Å². The van der Waals surface area contributed by atoms with Gasteiger partial charge in [0.05, 0.1) is 0 Å². The van der Waals surface area contributed by atoms with Crippen molar-refractivity contribution < 1.29 is 19.8 Å². The van der Waals surface area contributed by atoms with Crippen LogP contribution in [-0.4, -0.2) is 40.9 Å². The van der Waals surface area contributed by atoms with Gasteiger partial charge < -0.3 is 20.8 Å². The molecule has 0 aliphatic rings. The second kappa shape index (κ2) is 8.74. The second-order valence-electron chi connectivity index (χ2n) is 4.39. The molecule has 0 fully saturated rings. The minimum Gasteiger partial charge on any atom is -0.480 e. The molecule has 0 aromatic carbocycles. The van der Waals surface area contributed by atoms with Crippen LogP contribution in [0.4, 0.5) is 4.79 Å². The molecule has 0 radical (unpaired) electrons. The van der Waals surface area contributed by atoms with Crippen LogP contribution >= 0.6 is 0 Å². The van der Waals surface area contributed by atoms with Gasteiger partial charge in [0.15, 0.2) is 0 Å². The molecule has 18 heavy (non-hydrogen) atoms. The molecule has 6 heteroatoms. The molecule has 0 rings (SSSR count). The van der Waals surface area contributed by atoms with Gasteiger partial charge >= 0.3 is 12.0 Å². The van der Waals surface area contributed by atoms with E-state index in [1.165, 1.54) is 0 Å². The topological polar surface area (TPSA) is 98.7 Å². The van der Waals surface area contributed by atoms with Crippen molar-refractivity contribution in [3.63, 3.8) is 0 Å². The van der Waals surface area contributed by atoms with Gasteiger partial charge in [-0.3, -0.25) is 0 Å².